The first-order valence-corrected chi connectivity index (χ1v) is 8.31. The molecule has 2 aromatic carbocycles. The topological polar surface area (TPSA) is 59.2 Å². The molecule has 24 heavy (non-hydrogen) atoms. The molecule has 0 aliphatic rings. The second kappa shape index (κ2) is 7.21. The van der Waals surface area contributed by atoms with Gasteiger partial charge in [0.05, 0.1) is 5.69 Å². The number of hydrogen-bond donors (Lipinski definition) is 1. The van der Waals surface area contributed by atoms with Gasteiger partial charge in [-0.05, 0) is 18.6 Å². The molecule has 0 bridgehead atoms. The van der Waals surface area contributed by atoms with E-state index in [1.807, 2.05) is 67.6 Å². The number of aryl methyl sites for hydroxylation is 1. The fourth-order valence-electron chi connectivity index (χ4n) is 2.26. The lowest BCUT2D eigenvalue weighted by molar-refractivity contribution is -0.114. The van der Waals surface area contributed by atoms with Crippen LogP contribution in [0.15, 0.2) is 66.7 Å². The predicted octanol–water partition coefficient (Wildman–Crippen LogP) is 4.04. The lowest BCUT2D eigenvalue weighted by atomic mass is 10.1. The molecule has 0 saturated carbocycles. The quantitative estimate of drug-likeness (QED) is 0.339. The van der Waals surface area contributed by atoms with E-state index in [1.54, 1.807) is 6.08 Å². The standard InChI is InChI=1S/C19H17N3OS/c1-14-18(16-10-6-3-7-11-16)21-19(24-14)22(20)17(23)13-12-15-8-4-2-5-9-15/h2-13H,20H2,1H3. The highest BCUT2D eigenvalue weighted by atomic mass is 32.1. The normalized spacial score (nSPS) is 10.9. The fraction of sp³-hybridized carbons (Fsp3) is 0.0526. The lowest BCUT2D eigenvalue weighted by Gasteiger charge is -2.09. The molecule has 1 heterocycles. The number of thiazole rings is 1. The Hall–Kier alpha value is -2.76. The number of hydrazine groups is 1. The Balaban J connectivity index is 1.79. The van der Waals surface area contributed by atoms with Crippen molar-refractivity contribution >= 4 is 28.5 Å². The first-order valence-electron chi connectivity index (χ1n) is 7.50. The largest absolute Gasteiger partial charge is 0.268 e. The first kappa shape index (κ1) is 16.1. The van der Waals surface area contributed by atoms with Gasteiger partial charge in [-0.2, -0.15) is 0 Å². The van der Waals surface area contributed by atoms with Gasteiger partial charge in [-0.25, -0.2) is 15.8 Å². The summed E-state index contributed by atoms with van der Waals surface area (Å²) in [5.74, 6) is 5.63. The fourth-order valence-corrected chi connectivity index (χ4v) is 3.11. The molecule has 1 amide bonds. The van der Waals surface area contributed by atoms with Crippen LogP contribution in [0, 0.1) is 6.92 Å². The molecule has 3 aromatic rings. The van der Waals surface area contributed by atoms with Crippen molar-refractivity contribution in [2.75, 3.05) is 5.01 Å². The van der Waals surface area contributed by atoms with Crippen molar-refractivity contribution in [2.45, 2.75) is 6.92 Å². The highest BCUT2D eigenvalue weighted by Gasteiger charge is 2.16. The molecule has 0 saturated heterocycles. The van der Waals surface area contributed by atoms with Gasteiger partial charge in [-0.1, -0.05) is 72.0 Å². The maximum absolute atomic E-state index is 12.3. The number of nitrogens with zero attached hydrogens (tertiary/aromatic N) is 2. The van der Waals surface area contributed by atoms with Crippen LogP contribution in [0.25, 0.3) is 17.3 Å². The minimum Gasteiger partial charge on any atom is -0.268 e. The maximum atomic E-state index is 12.3. The molecular formula is C19H17N3OS. The number of aromatic nitrogens is 1. The molecule has 2 N–H and O–H groups in total. The average Bonchev–Trinajstić information content (AvgIpc) is 3.02. The Morgan fingerprint density at radius 1 is 1.08 bits per heavy atom. The predicted molar refractivity (Wildman–Crippen MR) is 99.4 cm³/mol. The van der Waals surface area contributed by atoms with Gasteiger partial charge < -0.3 is 0 Å². The van der Waals surface area contributed by atoms with E-state index in [9.17, 15) is 4.79 Å². The summed E-state index contributed by atoms with van der Waals surface area (Å²) in [5.41, 5.74) is 2.81. The molecule has 0 aliphatic carbocycles. The molecule has 0 radical (unpaired) electrons. The summed E-state index contributed by atoms with van der Waals surface area (Å²) >= 11 is 1.40. The van der Waals surface area contributed by atoms with Crippen LogP contribution in [-0.4, -0.2) is 10.9 Å². The zero-order valence-electron chi connectivity index (χ0n) is 13.2. The van der Waals surface area contributed by atoms with E-state index in [4.69, 9.17) is 5.84 Å². The second-order valence-electron chi connectivity index (χ2n) is 5.22. The van der Waals surface area contributed by atoms with Crippen molar-refractivity contribution in [1.82, 2.24) is 4.98 Å². The Labute approximate surface area is 144 Å². The summed E-state index contributed by atoms with van der Waals surface area (Å²) in [7, 11) is 0. The Kier molecular flexibility index (Phi) is 4.84. The number of nitrogens with two attached hydrogens (primary N) is 1. The Morgan fingerprint density at radius 3 is 2.38 bits per heavy atom. The van der Waals surface area contributed by atoms with E-state index in [0.717, 1.165) is 26.7 Å². The third kappa shape index (κ3) is 3.59. The molecule has 0 fully saturated rings. The molecule has 0 unspecified atom stereocenters. The number of carbonyl (C=O) groups is 1. The van der Waals surface area contributed by atoms with Gasteiger partial charge in [0.2, 0.25) is 5.13 Å². The molecule has 0 atom stereocenters. The number of amides is 1. The Bertz CT molecular complexity index is 857. The van der Waals surface area contributed by atoms with Gasteiger partial charge in [0, 0.05) is 16.5 Å². The van der Waals surface area contributed by atoms with E-state index in [2.05, 4.69) is 4.98 Å². The summed E-state index contributed by atoms with van der Waals surface area (Å²) in [6.45, 7) is 1.97. The highest BCUT2D eigenvalue weighted by Crippen LogP contribution is 2.31. The summed E-state index contributed by atoms with van der Waals surface area (Å²) in [6.07, 6.45) is 3.19. The number of anilines is 1. The van der Waals surface area contributed by atoms with Crippen molar-refractivity contribution in [2.24, 2.45) is 5.84 Å². The van der Waals surface area contributed by atoms with Crippen molar-refractivity contribution < 1.29 is 4.79 Å². The number of benzene rings is 2. The van der Waals surface area contributed by atoms with E-state index >= 15 is 0 Å². The molecule has 4 nitrogen and oxygen atoms in total. The van der Waals surface area contributed by atoms with Crippen LogP contribution < -0.4 is 10.9 Å². The van der Waals surface area contributed by atoms with Crippen molar-refractivity contribution in [1.29, 1.82) is 0 Å². The molecule has 120 valence electrons. The van der Waals surface area contributed by atoms with E-state index in [1.165, 1.54) is 17.4 Å². The van der Waals surface area contributed by atoms with Crippen LogP contribution in [0.1, 0.15) is 10.4 Å². The molecule has 1 aromatic heterocycles. The summed E-state index contributed by atoms with van der Waals surface area (Å²) < 4.78 is 0. The van der Waals surface area contributed by atoms with Gasteiger partial charge in [-0.3, -0.25) is 4.79 Å². The first-order chi connectivity index (χ1) is 11.6. The maximum Gasteiger partial charge on any atom is 0.267 e. The third-order valence-corrected chi connectivity index (χ3v) is 4.46. The van der Waals surface area contributed by atoms with Gasteiger partial charge in [0.15, 0.2) is 0 Å². The zero-order valence-corrected chi connectivity index (χ0v) is 14.0. The van der Waals surface area contributed by atoms with Crippen LogP contribution >= 0.6 is 11.3 Å². The molecule has 5 heteroatoms. The number of carbonyl (C=O) groups excluding carboxylic acids is 1. The van der Waals surface area contributed by atoms with Crippen molar-refractivity contribution in [3.8, 4) is 11.3 Å². The van der Waals surface area contributed by atoms with Crippen LogP contribution in [0.2, 0.25) is 0 Å². The summed E-state index contributed by atoms with van der Waals surface area (Å²) in [6, 6.07) is 19.5. The monoisotopic (exact) mass is 335 g/mol. The van der Waals surface area contributed by atoms with E-state index in [-0.39, 0.29) is 5.91 Å². The second-order valence-corrected chi connectivity index (χ2v) is 6.40. The minimum absolute atomic E-state index is 0.313. The minimum atomic E-state index is -0.313. The molecule has 0 spiro atoms. The zero-order chi connectivity index (χ0) is 16.9. The smallest absolute Gasteiger partial charge is 0.267 e. The molecule has 3 rings (SSSR count). The van der Waals surface area contributed by atoms with Gasteiger partial charge in [0.25, 0.3) is 5.91 Å². The lowest BCUT2D eigenvalue weighted by Crippen LogP contribution is -2.36. The number of rotatable bonds is 4. The molecular weight excluding hydrogens is 318 g/mol. The van der Waals surface area contributed by atoms with Crippen LogP contribution in [0.5, 0.6) is 0 Å². The Morgan fingerprint density at radius 2 is 1.71 bits per heavy atom. The highest BCUT2D eigenvalue weighted by molar-refractivity contribution is 7.16. The SMILES string of the molecule is Cc1sc(N(N)C(=O)C=Cc2ccccc2)nc1-c1ccccc1. The number of hydrogen-bond acceptors (Lipinski definition) is 4. The van der Waals surface area contributed by atoms with Gasteiger partial charge in [0.1, 0.15) is 0 Å². The van der Waals surface area contributed by atoms with E-state index in [0.29, 0.717) is 5.13 Å². The summed E-state index contributed by atoms with van der Waals surface area (Å²) in [5, 5.41) is 1.57. The van der Waals surface area contributed by atoms with Crippen molar-refractivity contribution in [3.05, 3.63) is 77.2 Å². The average molecular weight is 335 g/mol. The third-order valence-electron chi connectivity index (χ3n) is 3.49. The van der Waals surface area contributed by atoms with Gasteiger partial charge >= 0.3 is 0 Å². The van der Waals surface area contributed by atoms with Crippen LogP contribution in [0.3, 0.4) is 0 Å². The van der Waals surface area contributed by atoms with Crippen molar-refractivity contribution in [3.63, 3.8) is 0 Å². The van der Waals surface area contributed by atoms with Crippen LogP contribution in [-0.2, 0) is 4.79 Å². The van der Waals surface area contributed by atoms with E-state index < -0.39 is 0 Å². The van der Waals surface area contributed by atoms with Crippen LogP contribution in [0.4, 0.5) is 5.13 Å². The van der Waals surface area contributed by atoms with Gasteiger partial charge in [-0.15, -0.1) is 0 Å². The molecule has 0 aliphatic heterocycles. The summed E-state index contributed by atoms with van der Waals surface area (Å²) in [4.78, 5) is 17.8.